The van der Waals surface area contributed by atoms with E-state index < -0.39 is 47.0 Å². The third kappa shape index (κ3) is 3.02. The van der Waals surface area contributed by atoms with Gasteiger partial charge in [0, 0.05) is 40.5 Å². The topological polar surface area (TPSA) is 113 Å². The van der Waals surface area contributed by atoms with Gasteiger partial charge in [-0.3, -0.25) is 19.7 Å². The summed E-state index contributed by atoms with van der Waals surface area (Å²) >= 11 is 0. The number of aromatic amines is 1. The molecule has 2 saturated heterocycles. The predicted molar refractivity (Wildman–Crippen MR) is 143 cm³/mol. The zero-order chi connectivity index (χ0) is 27.2. The number of imide groups is 1. The maximum Gasteiger partial charge on any atom is 0.250 e. The van der Waals surface area contributed by atoms with E-state index in [-0.39, 0.29) is 0 Å². The summed E-state index contributed by atoms with van der Waals surface area (Å²) in [7, 11) is 0. The highest BCUT2D eigenvalue weighted by atomic mass is 19.1. The van der Waals surface area contributed by atoms with Crippen LogP contribution in [0.4, 0.5) is 15.8 Å². The van der Waals surface area contributed by atoms with Gasteiger partial charge in [0.2, 0.25) is 17.7 Å². The third-order valence-corrected chi connectivity index (χ3v) is 8.58. The first kappa shape index (κ1) is 23.2. The Kier molecular flexibility index (Phi) is 4.73. The molecule has 10 heteroatoms. The molecular weight excluding hydrogens is 515 g/mol. The molecule has 0 radical (unpaired) electrons. The highest BCUT2D eigenvalue weighted by Crippen LogP contribution is 2.54. The number of hydrogen-bond donors (Lipinski definition) is 3. The molecule has 9 nitrogen and oxygen atoms in total. The fraction of sp³-hybridized carbons (Fsp3) is 0.233. The lowest BCUT2D eigenvalue weighted by atomic mass is 9.76. The van der Waals surface area contributed by atoms with Gasteiger partial charge in [-0.1, -0.05) is 18.2 Å². The van der Waals surface area contributed by atoms with Crippen molar-refractivity contribution in [2.24, 2.45) is 11.8 Å². The Morgan fingerprint density at radius 3 is 2.65 bits per heavy atom. The number of rotatable bonds is 3. The van der Waals surface area contributed by atoms with Gasteiger partial charge in [-0.15, -0.1) is 0 Å². The van der Waals surface area contributed by atoms with Crippen molar-refractivity contribution in [2.45, 2.75) is 18.0 Å². The molecule has 3 amide bonds. The van der Waals surface area contributed by atoms with Gasteiger partial charge in [-0.2, -0.15) is 0 Å². The van der Waals surface area contributed by atoms with E-state index in [4.69, 9.17) is 9.47 Å². The number of carbonyl (C=O) groups is 3. The molecule has 1 spiro atoms. The molecule has 4 aliphatic heterocycles. The number of H-pyrrole nitrogens is 1. The molecule has 2 fully saturated rings. The molecule has 0 aliphatic carbocycles. The van der Waals surface area contributed by atoms with Crippen LogP contribution in [-0.4, -0.2) is 42.0 Å². The number of halogens is 1. The van der Waals surface area contributed by atoms with Gasteiger partial charge in [0.05, 0.1) is 17.5 Å². The quantitative estimate of drug-likeness (QED) is 0.346. The number of carbonyl (C=O) groups excluding carboxylic acids is 3. The molecule has 5 heterocycles. The zero-order valence-corrected chi connectivity index (χ0v) is 21.1. The number of nitrogens with zero attached hydrogens (tertiary/aromatic N) is 1. The van der Waals surface area contributed by atoms with Crippen molar-refractivity contribution < 1.29 is 28.2 Å². The molecule has 40 heavy (non-hydrogen) atoms. The summed E-state index contributed by atoms with van der Waals surface area (Å²) in [6, 6.07) is 16.2. The lowest BCUT2D eigenvalue weighted by Crippen LogP contribution is -2.53. The number of nitrogens with one attached hydrogen (secondary N) is 3. The van der Waals surface area contributed by atoms with Crippen LogP contribution < -0.4 is 25.0 Å². The number of hydrogen-bond acceptors (Lipinski definition) is 6. The van der Waals surface area contributed by atoms with Crippen molar-refractivity contribution in [3.63, 3.8) is 0 Å². The second-order valence-corrected chi connectivity index (χ2v) is 10.6. The fourth-order valence-corrected chi connectivity index (χ4v) is 6.91. The second-order valence-electron chi connectivity index (χ2n) is 10.6. The van der Waals surface area contributed by atoms with E-state index in [1.165, 1.54) is 18.2 Å². The number of amides is 3. The summed E-state index contributed by atoms with van der Waals surface area (Å²) in [4.78, 5) is 46.5. The van der Waals surface area contributed by atoms with E-state index in [0.29, 0.717) is 48.1 Å². The first-order chi connectivity index (χ1) is 19.5. The Labute approximate surface area is 227 Å². The molecule has 4 atom stereocenters. The van der Waals surface area contributed by atoms with Crippen molar-refractivity contribution >= 4 is 40.0 Å². The van der Waals surface area contributed by atoms with Gasteiger partial charge < -0.3 is 19.8 Å². The summed E-state index contributed by atoms with van der Waals surface area (Å²) in [6.45, 7) is 0.763. The van der Waals surface area contributed by atoms with Crippen molar-refractivity contribution in [1.82, 2.24) is 10.3 Å². The highest BCUT2D eigenvalue weighted by Gasteiger charge is 2.70. The molecule has 0 saturated carbocycles. The van der Waals surface area contributed by atoms with E-state index in [1.807, 2.05) is 30.5 Å². The van der Waals surface area contributed by atoms with Crippen molar-refractivity contribution in [1.29, 1.82) is 0 Å². The summed E-state index contributed by atoms with van der Waals surface area (Å²) in [5.74, 6) is -2.92. The third-order valence-electron chi connectivity index (χ3n) is 8.58. The Morgan fingerprint density at radius 1 is 0.950 bits per heavy atom. The van der Waals surface area contributed by atoms with E-state index >= 15 is 0 Å². The fourth-order valence-electron chi connectivity index (χ4n) is 6.91. The molecule has 1 aromatic heterocycles. The number of benzene rings is 3. The zero-order valence-electron chi connectivity index (χ0n) is 21.1. The smallest absolute Gasteiger partial charge is 0.250 e. The van der Waals surface area contributed by atoms with Crippen LogP contribution in [0.25, 0.3) is 10.9 Å². The summed E-state index contributed by atoms with van der Waals surface area (Å²) in [5, 5.41) is 7.19. The number of para-hydroxylation sites is 1. The van der Waals surface area contributed by atoms with E-state index in [0.717, 1.165) is 21.4 Å². The van der Waals surface area contributed by atoms with Crippen LogP contribution in [0.1, 0.15) is 11.1 Å². The normalized spacial score (nSPS) is 26.5. The Hall–Kier alpha value is -4.70. The monoisotopic (exact) mass is 538 g/mol. The van der Waals surface area contributed by atoms with Crippen LogP contribution in [0.3, 0.4) is 0 Å². The predicted octanol–water partition coefficient (Wildman–Crippen LogP) is 3.25. The van der Waals surface area contributed by atoms with E-state index in [1.54, 1.807) is 18.2 Å². The molecule has 3 N–H and O–H groups in total. The Bertz CT molecular complexity index is 1770. The van der Waals surface area contributed by atoms with E-state index in [2.05, 4.69) is 15.6 Å². The molecule has 8 rings (SSSR count). The maximum atomic E-state index is 14.6. The lowest BCUT2D eigenvalue weighted by molar-refractivity contribution is -0.130. The largest absolute Gasteiger partial charge is 0.486 e. The molecule has 2 unspecified atom stereocenters. The second kappa shape index (κ2) is 8.15. The van der Waals surface area contributed by atoms with Crippen LogP contribution >= 0.6 is 0 Å². The molecular formula is C30H23FN4O5. The highest BCUT2D eigenvalue weighted by molar-refractivity contribution is 6.26. The molecule has 4 aliphatic rings. The Balaban J connectivity index is 1.27. The maximum absolute atomic E-state index is 14.6. The number of aromatic nitrogens is 1. The standard InChI is InChI=1S/C30H23FN4O5/c31-16-5-7-21-19(12-16)30(29(38)33-21)26-25(22(34-30)11-15-14-32-20-4-2-1-3-18(15)20)27(36)35(28(26)37)17-6-8-23-24(13-17)40-10-9-39-23/h1-8,12-14,22,25-26,32,34H,9-11H2,(H,33,38)/t22?,25-,26+,30?/m1/s1. The van der Waals surface area contributed by atoms with Crippen molar-refractivity contribution in [3.8, 4) is 11.5 Å². The van der Waals surface area contributed by atoms with Crippen LogP contribution in [0, 0.1) is 17.7 Å². The average Bonchev–Trinajstić information content (AvgIpc) is 3.67. The number of ether oxygens (including phenoxy) is 2. The minimum absolute atomic E-state index is 0.333. The number of fused-ring (bicyclic) bond motifs is 6. The summed E-state index contributed by atoms with van der Waals surface area (Å²) in [5.41, 5.74) is 1.38. The first-order valence-corrected chi connectivity index (χ1v) is 13.2. The van der Waals surface area contributed by atoms with Gasteiger partial charge in [-0.25, -0.2) is 9.29 Å². The molecule has 200 valence electrons. The van der Waals surface area contributed by atoms with Gasteiger partial charge in [0.25, 0.3) is 0 Å². The minimum Gasteiger partial charge on any atom is -0.486 e. The Morgan fingerprint density at radius 2 is 1.77 bits per heavy atom. The van der Waals surface area contributed by atoms with Crippen molar-refractivity contribution in [3.05, 3.63) is 83.8 Å². The van der Waals surface area contributed by atoms with Crippen LogP contribution in [0.15, 0.2) is 66.9 Å². The summed E-state index contributed by atoms with van der Waals surface area (Å²) < 4.78 is 25.9. The van der Waals surface area contributed by atoms with Gasteiger partial charge in [-0.05, 0) is 48.4 Å². The summed E-state index contributed by atoms with van der Waals surface area (Å²) in [6.07, 6.45) is 2.26. The average molecular weight is 539 g/mol. The van der Waals surface area contributed by atoms with Crippen LogP contribution in [0.2, 0.25) is 0 Å². The number of anilines is 2. The van der Waals surface area contributed by atoms with Gasteiger partial charge in [0.1, 0.15) is 24.6 Å². The molecule has 4 aromatic rings. The lowest BCUT2D eigenvalue weighted by Gasteiger charge is -2.30. The van der Waals surface area contributed by atoms with Crippen LogP contribution in [0.5, 0.6) is 11.5 Å². The first-order valence-electron chi connectivity index (χ1n) is 13.2. The van der Waals surface area contributed by atoms with Crippen molar-refractivity contribution in [2.75, 3.05) is 23.4 Å². The van der Waals surface area contributed by atoms with E-state index in [9.17, 15) is 18.8 Å². The van der Waals surface area contributed by atoms with Gasteiger partial charge in [0.15, 0.2) is 11.5 Å². The minimum atomic E-state index is -1.60. The van der Waals surface area contributed by atoms with Gasteiger partial charge >= 0.3 is 0 Å². The SMILES string of the molecule is O=C1[C@@H]2C(Cc3c[nH]c4ccccc34)NC3(C(=O)Nc4ccc(F)cc43)[C@@H]2C(=O)N1c1ccc2c(c1)OCCO2. The molecule has 0 bridgehead atoms. The van der Waals surface area contributed by atoms with Crippen LogP contribution in [-0.2, 0) is 26.3 Å². The molecule has 3 aromatic carbocycles.